The van der Waals surface area contributed by atoms with E-state index in [1.165, 1.54) is 4.68 Å². The summed E-state index contributed by atoms with van der Waals surface area (Å²) in [5.74, 6) is -0.355. The molecule has 0 bridgehead atoms. The molecule has 2 amide bonds. The van der Waals surface area contributed by atoms with Crippen LogP contribution in [0.25, 0.3) is 21.8 Å². The monoisotopic (exact) mass is 409 g/mol. The molecule has 0 radical (unpaired) electrons. The number of fused-ring (bicyclic) bond motifs is 3. The second-order valence-corrected chi connectivity index (χ2v) is 8.01. The molecular formula is C22H27N5O3. The number of likely N-dealkylation sites (tertiary alicyclic amines) is 1. The van der Waals surface area contributed by atoms with Gasteiger partial charge in [-0.15, -0.1) is 0 Å². The lowest BCUT2D eigenvalue weighted by Crippen LogP contribution is -2.49. The van der Waals surface area contributed by atoms with E-state index in [0.717, 1.165) is 43.3 Å². The van der Waals surface area contributed by atoms with Crippen LogP contribution < -0.4 is 10.9 Å². The van der Waals surface area contributed by atoms with Crippen molar-refractivity contribution in [1.29, 1.82) is 0 Å². The highest BCUT2D eigenvalue weighted by molar-refractivity contribution is 6.08. The van der Waals surface area contributed by atoms with Crippen LogP contribution in [-0.2, 0) is 16.6 Å². The van der Waals surface area contributed by atoms with Gasteiger partial charge < -0.3 is 14.8 Å². The fourth-order valence-electron chi connectivity index (χ4n) is 4.29. The Kier molecular flexibility index (Phi) is 5.32. The van der Waals surface area contributed by atoms with Crippen LogP contribution >= 0.6 is 0 Å². The molecule has 8 nitrogen and oxygen atoms in total. The molecule has 2 atom stereocenters. The summed E-state index contributed by atoms with van der Waals surface area (Å²) >= 11 is 0. The van der Waals surface area contributed by atoms with Gasteiger partial charge in [-0.25, -0.2) is 4.68 Å². The molecule has 2 aromatic heterocycles. The Morgan fingerprint density at radius 3 is 2.50 bits per heavy atom. The first-order valence-corrected chi connectivity index (χ1v) is 10.4. The number of benzene rings is 1. The molecule has 0 spiro atoms. The van der Waals surface area contributed by atoms with Gasteiger partial charge in [0.15, 0.2) is 0 Å². The summed E-state index contributed by atoms with van der Waals surface area (Å²) in [7, 11) is 1.59. The summed E-state index contributed by atoms with van der Waals surface area (Å²) in [4.78, 5) is 40.5. The van der Waals surface area contributed by atoms with Gasteiger partial charge in [-0.05, 0) is 39.2 Å². The first-order valence-electron chi connectivity index (χ1n) is 10.4. The highest BCUT2D eigenvalue weighted by Gasteiger charge is 2.27. The third kappa shape index (κ3) is 3.36. The molecule has 0 aliphatic carbocycles. The number of piperidine rings is 1. The van der Waals surface area contributed by atoms with Gasteiger partial charge in [-0.1, -0.05) is 18.2 Å². The molecule has 1 aromatic carbocycles. The summed E-state index contributed by atoms with van der Waals surface area (Å²) in [6.45, 7) is 4.95. The zero-order chi connectivity index (χ0) is 21.4. The van der Waals surface area contributed by atoms with E-state index < -0.39 is 12.1 Å². The number of nitrogens with one attached hydrogen (secondary N) is 1. The Labute approximate surface area is 174 Å². The minimum Gasteiger partial charge on any atom is -0.343 e. The average Bonchev–Trinajstić information content (AvgIpc) is 3.10. The number of carbonyl (C=O) groups excluding carboxylic acids is 2. The zero-order valence-corrected chi connectivity index (χ0v) is 17.6. The minimum absolute atomic E-state index is 0.0578. The first kappa shape index (κ1) is 20.1. The van der Waals surface area contributed by atoms with Crippen molar-refractivity contribution < 1.29 is 9.59 Å². The second kappa shape index (κ2) is 7.93. The number of para-hydroxylation sites is 1. The van der Waals surface area contributed by atoms with E-state index in [2.05, 4.69) is 10.4 Å². The van der Waals surface area contributed by atoms with Gasteiger partial charge in [0.05, 0.1) is 11.7 Å². The zero-order valence-electron chi connectivity index (χ0n) is 17.6. The third-order valence-corrected chi connectivity index (χ3v) is 5.97. The molecule has 158 valence electrons. The number of hydrogen-bond acceptors (Lipinski definition) is 4. The molecule has 0 saturated carbocycles. The van der Waals surface area contributed by atoms with E-state index in [1.54, 1.807) is 31.7 Å². The van der Waals surface area contributed by atoms with E-state index >= 15 is 0 Å². The van der Waals surface area contributed by atoms with Gasteiger partial charge in [-0.3, -0.25) is 14.4 Å². The number of rotatable bonds is 4. The number of aromatic nitrogens is 3. The van der Waals surface area contributed by atoms with E-state index in [-0.39, 0.29) is 17.4 Å². The van der Waals surface area contributed by atoms with Gasteiger partial charge in [0, 0.05) is 30.9 Å². The van der Waals surface area contributed by atoms with Crippen molar-refractivity contribution in [3.05, 3.63) is 40.8 Å². The summed E-state index contributed by atoms with van der Waals surface area (Å²) in [5, 5.41) is 8.57. The smallest absolute Gasteiger partial charge is 0.291 e. The lowest BCUT2D eigenvalue weighted by atomic mass is 10.1. The van der Waals surface area contributed by atoms with Crippen LogP contribution in [0.5, 0.6) is 0 Å². The predicted octanol–water partition coefficient (Wildman–Crippen LogP) is 1.97. The fraction of sp³-hybridized carbons (Fsp3) is 0.455. The summed E-state index contributed by atoms with van der Waals surface area (Å²) in [5.41, 5.74) is 0.961. The number of hydrogen-bond donors (Lipinski definition) is 1. The number of carbonyl (C=O) groups is 2. The van der Waals surface area contributed by atoms with Crippen molar-refractivity contribution >= 4 is 33.6 Å². The van der Waals surface area contributed by atoms with Crippen molar-refractivity contribution in [1.82, 2.24) is 24.6 Å². The third-order valence-electron chi connectivity index (χ3n) is 5.97. The Bertz CT molecular complexity index is 1170. The Hall–Kier alpha value is -3.16. The lowest BCUT2D eigenvalue weighted by Gasteiger charge is -2.30. The lowest BCUT2D eigenvalue weighted by molar-refractivity contribution is -0.137. The van der Waals surface area contributed by atoms with Crippen LogP contribution in [0.3, 0.4) is 0 Å². The summed E-state index contributed by atoms with van der Waals surface area (Å²) in [6, 6.07) is 6.30. The van der Waals surface area contributed by atoms with Crippen LogP contribution in [0.1, 0.15) is 39.2 Å². The second-order valence-electron chi connectivity index (χ2n) is 8.01. The van der Waals surface area contributed by atoms with Crippen LogP contribution in [-0.4, -0.2) is 50.2 Å². The van der Waals surface area contributed by atoms with Crippen LogP contribution in [0.15, 0.2) is 35.3 Å². The molecule has 4 rings (SSSR count). The quantitative estimate of drug-likeness (QED) is 0.713. The van der Waals surface area contributed by atoms with Gasteiger partial charge in [0.1, 0.15) is 17.6 Å². The Morgan fingerprint density at radius 2 is 1.77 bits per heavy atom. The molecule has 1 saturated heterocycles. The maximum atomic E-state index is 13.1. The number of aryl methyl sites for hydroxylation is 1. The SMILES string of the molecule is CC(NC(=O)C(C)n1c2ccccc2c2cnn(C)c(=O)c21)C(=O)N1CCCCC1. The van der Waals surface area contributed by atoms with Gasteiger partial charge >= 0.3 is 0 Å². The van der Waals surface area contributed by atoms with Gasteiger partial charge in [0.25, 0.3) is 5.56 Å². The maximum Gasteiger partial charge on any atom is 0.291 e. The Morgan fingerprint density at radius 1 is 1.07 bits per heavy atom. The predicted molar refractivity (Wildman–Crippen MR) is 115 cm³/mol. The van der Waals surface area contributed by atoms with Crippen molar-refractivity contribution in [3.8, 4) is 0 Å². The molecule has 1 aliphatic rings. The van der Waals surface area contributed by atoms with Crippen molar-refractivity contribution in [2.45, 2.75) is 45.2 Å². The van der Waals surface area contributed by atoms with Crippen LogP contribution in [0.4, 0.5) is 0 Å². The minimum atomic E-state index is -0.667. The summed E-state index contributed by atoms with van der Waals surface area (Å²) < 4.78 is 3.02. The normalized spacial score (nSPS) is 16.6. The largest absolute Gasteiger partial charge is 0.343 e. The van der Waals surface area contributed by atoms with E-state index in [4.69, 9.17) is 0 Å². The summed E-state index contributed by atoms with van der Waals surface area (Å²) in [6.07, 6.45) is 4.80. The Balaban J connectivity index is 1.67. The van der Waals surface area contributed by atoms with Crippen molar-refractivity contribution in [2.75, 3.05) is 13.1 Å². The number of nitrogens with zero attached hydrogens (tertiary/aromatic N) is 4. The van der Waals surface area contributed by atoms with E-state index in [9.17, 15) is 14.4 Å². The van der Waals surface area contributed by atoms with E-state index in [0.29, 0.717) is 10.9 Å². The topological polar surface area (TPSA) is 89.2 Å². The van der Waals surface area contributed by atoms with Crippen LogP contribution in [0, 0.1) is 0 Å². The average molecular weight is 409 g/mol. The van der Waals surface area contributed by atoms with Gasteiger partial charge in [0.2, 0.25) is 11.8 Å². The van der Waals surface area contributed by atoms with Crippen molar-refractivity contribution in [2.24, 2.45) is 7.05 Å². The standard InChI is InChI=1S/C22H27N5O3/c1-14(21(29)26-11-7-4-8-12-26)24-20(28)15(2)27-18-10-6-5-9-16(18)17-13-23-25(3)22(30)19(17)27/h5-6,9-10,13-15H,4,7-8,11-12H2,1-3H3,(H,24,28). The first-order chi connectivity index (χ1) is 14.4. The van der Waals surface area contributed by atoms with Crippen LogP contribution in [0.2, 0.25) is 0 Å². The molecule has 8 heteroatoms. The fourth-order valence-corrected chi connectivity index (χ4v) is 4.29. The molecule has 3 aromatic rings. The van der Waals surface area contributed by atoms with Gasteiger partial charge in [-0.2, -0.15) is 5.10 Å². The molecule has 1 aliphatic heterocycles. The molecular weight excluding hydrogens is 382 g/mol. The highest BCUT2D eigenvalue weighted by Crippen LogP contribution is 2.29. The maximum absolute atomic E-state index is 13.1. The molecule has 1 fully saturated rings. The molecule has 2 unspecified atom stereocenters. The van der Waals surface area contributed by atoms with E-state index in [1.807, 2.05) is 29.2 Å². The molecule has 1 N–H and O–H groups in total. The molecule has 30 heavy (non-hydrogen) atoms. The molecule has 3 heterocycles. The number of amides is 2. The van der Waals surface area contributed by atoms with Crippen molar-refractivity contribution in [3.63, 3.8) is 0 Å². The highest BCUT2D eigenvalue weighted by atomic mass is 16.2.